The molecule has 1 aliphatic heterocycles. The normalized spacial score (nSPS) is 17.8. The Bertz CT molecular complexity index is 1330. The van der Waals surface area contributed by atoms with Crippen molar-refractivity contribution in [1.29, 1.82) is 0 Å². The number of nitrogens with zero attached hydrogens (tertiary/aromatic N) is 4. The van der Waals surface area contributed by atoms with Crippen molar-refractivity contribution in [2.24, 2.45) is 0 Å². The molecule has 5 nitrogen and oxygen atoms in total. The van der Waals surface area contributed by atoms with Crippen LogP contribution in [-0.4, -0.2) is 19.6 Å². The SMILES string of the molecule is CCc1ccc(N2C(=S)N[C@H](c3ccccn3)[C@H]2c2cc(C)n(-c3cc(C)ccn3)c2C)cc1. The minimum atomic E-state index is -0.0704. The number of aromatic nitrogens is 3. The number of thiocarbonyl (C=S) groups is 1. The lowest BCUT2D eigenvalue weighted by atomic mass is 9.96. The molecule has 2 atom stereocenters. The van der Waals surface area contributed by atoms with Gasteiger partial charge in [0, 0.05) is 29.5 Å². The van der Waals surface area contributed by atoms with E-state index in [1.807, 2.05) is 30.6 Å². The van der Waals surface area contributed by atoms with E-state index in [4.69, 9.17) is 12.2 Å². The average Bonchev–Trinajstić information content (AvgIpc) is 3.34. The van der Waals surface area contributed by atoms with Gasteiger partial charge in [-0.05, 0) is 98.6 Å². The van der Waals surface area contributed by atoms with Gasteiger partial charge in [0.25, 0.3) is 0 Å². The highest BCUT2D eigenvalue weighted by molar-refractivity contribution is 7.80. The first kappa shape index (κ1) is 22.3. The summed E-state index contributed by atoms with van der Waals surface area (Å²) in [6.07, 6.45) is 4.72. The second kappa shape index (κ2) is 9.03. The zero-order chi connectivity index (χ0) is 23.8. The third-order valence-electron chi connectivity index (χ3n) is 6.64. The fourth-order valence-corrected chi connectivity index (χ4v) is 5.27. The molecule has 5 rings (SSSR count). The molecular formula is C28H29N5S. The van der Waals surface area contributed by atoms with Crippen LogP contribution in [0.3, 0.4) is 0 Å². The molecule has 0 radical (unpaired) electrons. The average molecular weight is 468 g/mol. The topological polar surface area (TPSA) is 46.0 Å². The maximum absolute atomic E-state index is 5.90. The molecule has 0 unspecified atom stereocenters. The van der Waals surface area contributed by atoms with Crippen LogP contribution in [0.25, 0.3) is 5.82 Å². The lowest BCUT2D eigenvalue weighted by Crippen LogP contribution is -2.29. The minimum absolute atomic E-state index is 0.0420. The zero-order valence-electron chi connectivity index (χ0n) is 20.0. The van der Waals surface area contributed by atoms with Crippen molar-refractivity contribution in [3.8, 4) is 5.82 Å². The molecule has 1 fully saturated rings. The van der Waals surface area contributed by atoms with Crippen LogP contribution in [0.2, 0.25) is 0 Å². The predicted octanol–water partition coefficient (Wildman–Crippen LogP) is 5.93. The van der Waals surface area contributed by atoms with Gasteiger partial charge in [0.15, 0.2) is 5.11 Å². The van der Waals surface area contributed by atoms with Gasteiger partial charge in [-0.15, -0.1) is 0 Å². The number of rotatable bonds is 5. The van der Waals surface area contributed by atoms with Crippen molar-refractivity contribution < 1.29 is 0 Å². The van der Waals surface area contributed by atoms with Gasteiger partial charge in [-0.3, -0.25) is 4.98 Å². The molecular weight excluding hydrogens is 438 g/mol. The summed E-state index contributed by atoms with van der Waals surface area (Å²) in [4.78, 5) is 11.6. The molecule has 4 heterocycles. The number of aryl methyl sites for hydroxylation is 3. The van der Waals surface area contributed by atoms with Crippen molar-refractivity contribution in [3.63, 3.8) is 0 Å². The van der Waals surface area contributed by atoms with Crippen LogP contribution in [0.15, 0.2) is 73.1 Å². The Morgan fingerprint density at radius 1 is 0.941 bits per heavy atom. The van der Waals surface area contributed by atoms with Crippen LogP contribution in [0.4, 0.5) is 5.69 Å². The van der Waals surface area contributed by atoms with Crippen LogP contribution in [0.5, 0.6) is 0 Å². The van der Waals surface area contributed by atoms with Gasteiger partial charge in [-0.1, -0.05) is 25.1 Å². The first-order valence-corrected chi connectivity index (χ1v) is 12.1. The first-order chi connectivity index (χ1) is 16.5. The third kappa shape index (κ3) is 3.88. The molecule has 6 heteroatoms. The summed E-state index contributed by atoms with van der Waals surface area (Å²) in [5, 5.41) is 4.28. The molecule has 0 bridgehead atoms. The van der Waals surface area contributed by atoms with E-state index < -0.39 is 0 Å². The predicted molar refractivity (Wildman–Crippen MR) is 142 cm³/mol. The van der Waals surface area contributed by atoms with Crippen LogP contribution in [-0.2, 0) is 6.42 Å². The summed E-state index contributed by atoms with van der Waals surface area (Å²) < 4.78 is 2.23. The second-order valence-electron chi connectivity index (χ2n) is 8.87. The maximum atomic E-state index is 5.90. The number of pyridine rings is 2. The molecule has 1 saturated heterocycles. The molecule has 34 heavy (non-hydrogen) atoms. The van der Waals surface area contributed by atoms with Crippen molar-refractivity contribution in [3.05, 3.63) is 107 Å². The smallest absolute Gasteiger partial charge is 0.174 e. The Kier molecular flexibility index (Phi) is 5.92. The van der Waals surface area contributed by atoms with Gasteiger partial charge in [-0.2, -0.15) is 0 Å². The van der Waals surface area contributed by atoms with Gasteiger partial charge in [0.2, 0.25) is 0 Å². The highest BCUT2D eigenvalue weighted by Crippen LogP contribution is 2.43. The quantitative estimate of drug-likeness (QED) is 0.369. The van der Waals surface area contributed by atoms with Crippen LogP contribution < -0.4 is 10.2 Å². The van der Waals surface area contributed by atoms with E-state index in [9.17, 15) is 0 Å². The highest BCUT2D eigenvalue weighted by Gasteiger charge is 2.42. The van der Waals surface area contributed by atoms with E-state index in [0.29, 0.717) is 5.11 Å². The fraction of sp³-hybridized carbons (Fsp3) is 0.250. The van der Waals surface area contributed by atoms with Crippen molar-refractivity contribution in [1.82, 2.24) is 19.9 Å². The highest BCUT2D eigenvalue weighted by atomic mass is 32.1. The first-order valence-electron chi connectivity index (χ1n) is 11.7. The molecule has 0 amide bonds. The number of nitrogens with one attached hydrogen (secondary N) is 1. The van der Waals surface area contributed by atoms with Crippen molar-refractivity contribution >= 4 is 23.0 Å². The number of hydrogen-bond donors (Lipinski definition) is 1. The molecule has 3 aromatic heterocycles. The van der Waals surface area contributed by atoms with Gasteiger partial charge in [0.1, 0.15) is 5.82 Å². The van der Waals surface area contributed by atoms with E-state index in [1.54, 1.807) is 0 Å². The maximum Gasteiger partial charge on any atom is 0.174 e. The van der Waals surface area contributed by atoms with Crippen molar-refractivity contribution in [2.45, 2.75) is 46.2 Å². The summed E-state index contributed by atoms with van der Waals surface area (Å²) in [5.41, 5.74) is 8.06. The molecule has 0 spiro atoms. The molecule has 1 aromatic carbocycles. The Morgan fingerprint density at radius 2 is 1.74 bits per heavy atom. The molecule has 1 N–H and O–H groups in total. The van der Waals surface area contributed by atoms with E-state index in [2.05, 4.69) is 94.9 Å². The van der Waals surface area contributed by atoms with E-state index in [0.717, 1.165) is 35.0 Å². The van der Waals surface area contributed by atoms with Gasteiger partial charge in [0.05, 0.1) is 17.8 Å². The molecule has 0 saturated carbocycles. The van der Waals surface area contributed by atoms with E-state index in [1.165, 1.54) is 16.7 Å². The summed E-state index contributed by atoms with van der Waals surface area (Å²) >= 11 is 5.90. The Labute approximate surface area is 206 Å². The standard InChI is InChI=1S/C28H29N5S/c1-5-21-9-11-22(12-10-21)33-27(26(31-28(33)34)24-8-6-7-14-29-24)23-17-19(3)32(20(23)4)25-16-18(2)13-15-30-25/h6-17,26-27H,5H2,1-4H3,(H,31,34)/t26-,27-/m1/s1. The summed E-state index contributed by atoms with van der Waals surface area (Å²) in [6.45, 7) is 8.57. The molecule has 4 aromatic rings. The fourth-order valence-electron chi connectivity index (χ4n) is 4.92. The Hall–Kier alpha value is -3.51. The summed E-state index contributed by atoms with van der Waals surface area (Å²) in [6, 6.07) is 21.1. The minimum Gasteiger partial charge on any atom is -0.351 e. The summed E-state index contributed by atoms with van der Waals surface area (Å²) in [5.74, 6) is 0.933. The van der Waals surface area contributed by atoms with Gasteiger partial charge >= 0.3 is 0 Å². The largest absolute Gasteiger partial charge is 0.351 e. The van der Waals surface area contributed by atoms with Crippen molar-refractivity contribution in [2.75, 3.05) is 4.90 Å². The number of anilines is 1. The van der Waals surface area contributed by atoms with E-state index >= 15 is 0 Å². The lowest BCUT2D eigenvalue weighted by molar-refractivity contribution is 0.565. The zero-order valence-corrected chi connectivity index (χ0v) is 20.8. The number of benzene rings is 1. The molecule has 0 aliphatic carbocycles. The monoisotopic (exact) mass is 467 g/mol. The lowest BCUT2D eigenvalue weighted by Gasteiger charge is -2.28. The van der Waals surface area contributed by atoms with Gasteiger partial charge < -0.3 is 14.8 Å². The third-order valence-corrected chi connectivity index (χ3v) is 6.95. The molecule has 1 aliphatic rings. The number of hydrogen-bond acceptors (Lipinski definition) is 3. The van der Waals surface area contributed by atoms with Gasteiger partial charge in [-0.25, -0.2) is 4.98 Å². The van der Waals surface area contributed by atoms with E-state index in [-0.39, 0.29) is 12.1 Å². The Balaban J connectivity index is 1.67. The second-order valence-corrected chi connectivity index (χ2v) is 9.26. The van der Waals surface area contributed by atoms with Crippen LogP contribution in [0.1, 0.15) is 52.8 Å². The summed E-state index contributed by atoms with van der Waals surface area (Å²) in [7, 11) is 0. The molecule has 172 valence electrons. The Morgan fingerprint density at radius 3 is 2.41 bits per heavy atom. The van der Waals surface area contributed by atoms with Crippen LogP contribution in [0, 0.1) is 20.8 Å². The van der Waals surface area contributed by atoms with Crippen LogP contribution >= 0.6 is 12.2 Å².